The van der Waals surface area contributed by atoms with Crippen molar-refractivity contribution in [1.82, 2.24) is 10.2 Å². The minimum Gasteiger partial charge on any atom is -0.336 e. The average molecular weight is 288 g/mol. The van der Waals surface area contributed by atoms with Crippen LogP contribution in [-0.2, 0) is 4.79 Å². The molecule has 4 fully saturated rings. The minimum atomic E-state index is 0.235. The van der Waals surface area contributed by atoms with Gasteiger partial charge in [-0.2, -0.15) is 0 Å². The van der Waals surface area contributed by atoms with Gasteiger partial charge in [0.1, 0.15) is 6.17 Å². The van der Waals surface area contributed by atoms with Crippen LogP contribution in [0.5, 0.6) is 0 Å². The first kappa shape index (κ1) is 13.8. The number of carbonyl (C=O) groups is 1. The number of amides is 1. The van der Waals surface area contributed by atoms with Gasteiger partial charge in [-0.15, -0.1) is 0 Å². The normalized spacial score (nSPS) is 39.9. The lowest BCUT2D eigenvalue weighted by molar-refractivity contribution is -0.135. The van der Waals surface area contributed by atoms with Gasteiger partial charge in [0.15, 0.2) is 0 Å². The summed E-state index contributed by atoms with van der Waals surface area (Å²) in [6.07, 6.45) is 15.7. The standard InChI is InChI=1S/C18H28N2O/c21-18-15-8-4-5-9-16(15)20-11-10-14(17(20)19-18)12-13-6-2-1-3-7-13/h12-13,15-17H,1-11H2,(H,19,21)/b14-12+. The molecule has 0 spiro atoms. The van der Waals surface area contributed by atoms with E-state index in [0.29, 0.717) is 11.9 Å². The van der Waals surface area contributed by atoms with E-state index in [1.54, 1.807) is 0 Å². The van der Waals surface area contributed by atoms with E-state index in [9.17, 15) is 4.79 Å². The molecule has 21 heavy (non-hydrogen) atoms. The molecule has 2 aliphatic carbocycles. The molecule has 2 aliphatic heterocycles. The molecule has 3 atom stereocenters. The van der Waals surface area contributed by atoms with Crippen LogP contribution in [0, 0.1) is 11.8 Å². The maximum absolute atomic E-state index is 12.4. The molecule has 0 bridgehead atoms. The highest BCUT2D eigenvalue weighted by molar-refractivity contribution is 5.81. The third-order valence-corrected chi connectivity index (χ3v) is 6.21. The van der Waals surface area contributed by atoms with Crippen LogP contribution in [0.1, 0.15) is 64.2 Å². The lowest BCUT2D eigenvalue weighted by atomic mass is 9.81. The van der Waals surface area contributed by atoms with Gasteiger partial charge in [-0.05, 0) is 43.6 Å². The van der Waals surface area contributed by atoms with Gasteiger partial charge in [0, 0.05) is 12.6 Å². The molecule has 0 aromatic carbocycles. The van der Waals surface area contributed by atoms with Gasteiger partial charge in [-0.1, -0.05) is 38.2 Å². The summed E-state index contributed by atoms with van der Waals surface area (Å²) >= 11 is 0. The van der Waals surface area contributed by atoms with E-state index in [-0.39, 0.29) is 12.1 Å². The predicted octanol–water partition coefficient (Wildman–Crippen LogP) is 3.21. The van der Waals surface area contributed by atoms with Crippen molar-refractivity contribution in [3.63, 3.8) is 0 Å². The van der Waals surface area contributed by atoms with Gasteiger partial charge < -0.3 is 5.32 Å². The number of fused-ring (bicyclic) bond motifs is 3. The Balaban J connectivity index is 1.52. The number of nitrogens with zero attached hydrogens (tertiary/aromatic N) is 1. The lowest BCUT2D eigenvalue weighted by Crippen LogP contribution is -2.61. The average Bonchev–Trinajstić information content (AvgIpc) is 2.92. The van der Waals surface area contributed by atoms with Crippen LogP contribution in [0.25, 0.3) is 0 Å². The van der Waals surface area contributed by atoms with Crippen molar-refractivity contribution >= 4 is 5.91 Å². The summed E-state index contributed by atoms with van der Waals surface area (Å²) in [4.78, 5) is 15.1. The first-order chi connectivity index (χ1) is 10.3. The second kappa shape index (κ2) is 5.75. The van der Waals surface area contributed by atoms with Crippen molar-refractivity contribution in [1.29, 1.82) is 0 Å². The van der Waals surface area contributed by atoms with E-state index < -0.39 is 0 Å². The topological polar surface area (TPSA) is 32.3 Å². The van der Waals surface area contributed by atoms with Crippen molar-refractivity contribution in [2.45, 2.75) is 76.4 Å². The Labute approximate surface area is 128 Å². The second-order valence-corrected chi connectivity index (χ2v) is 7.50. The van der Waals surface area contributed by atoms with Gasteiger partial charge in [-0.3, -0.25) is 9.69 Å². The molecule has 4 aliphatic rings. The monoisotopic (exact) mass is 288 g/mol. The van der Waals surface area contributed by atoms with Crippen LogP contribution in [0.3, 0.4) is 0 Å². The Morgan fingerprint density at radius 1 is 1.00 bits per heavy atom. The summed E-state index contributed by atoms with van der Waals surface area (Å²) in [5.41, 5.74) is 1.51. The summed E-state index contributed by atoms with van der Waals surface area (Å²) in [5, 5.41) is 3.34. The molecule has 0 radical (unpaired) electrons. The Kier molecular flexibility index (Phi) is 3.78. The van der Waals surface area contributed by atoms with Gasteiger partial charge in [0.2, 0.25) is 5.91 Å². The quantitative estimate of drug-likeness (QED) is 0.751. The number of rotatable bonds is 1. The zero-order valence-electron chi connectivity index (χ0n) is 13.0. The van der Waals surface area contributed by atoms with E-state index in [2.05, 4.69) is 16.3 Å². The maximum Gasteiger partial charge on any atom is 0.226 e. The fourth-order valence-corrected chi connectivity index (χ4v) is 5.10. The zero-order chi connectivity index (χ0) is 14.2. The molecule has 2 heterocycles. The zero-order valence-corrected chi connectivity index (χ0v) is 13.0. The van der Waals surface area contributed by atoms with Gasteiger partial charge in [0.25, 0.3) is 0 Å². The minimum absolute atomic E-state index is 0.235. The number of carbonyl (C=O) groups excluding carboxylic acids is 1. The Bertz CT molecular complexity index is 438. The summed E-state index contributed by atoms with van der Waals surface area (Å²) in [5.74, 6) is 1.37. The maximum atomic E-state index is 12.4. The van der Waals surface area contributed by atoms with Gasteiger partial charge in [0.05, 0.1) is 5.92 Å². The highest BCUT2D eigenvalue weighted by Gasteiger charge is 2.46. The molecular formula is C18H28N2O. The van der Waals surface area contributed by atoms with Crippen molar-refractivity contribution < 1.29 is 4.79 Å². The third-order valence-electron chi connectivity index (χ3n) is 6.21. The van der Waals surface area contributed by atoms with E-state index in [4.69, 9.17) is 0 Å². The summed E-state index contributed by atoms with van der Waals surface area (Å²) < 4.78 is 0. The number of hydrogen-bond donors (Lipinski definition) is 1. The van der Waals surface area contributed by atoms with Crippen molar-refractivity contribution in [2.75, 3.05) is 6.54 Å². The van der Waals surface area contributed by atoms with E-state index in [1.165, 1.54) is 63.4 Å². The van der Waals surface area contributed by atoms with Crippen LogP contribution >= 0.6 is 0 Å². The molecule has 3 heteroatoms. The molecular weight excluding hydrogens is 260 g/mol. The predicted molar refractivity (Wildman–Crippen MR) is 83.7 cm³/mol. The molecule has 2 saturated carbocycles. The smallest absolute Gasteiger partial charge is 0.226 e. The van der Waals surface area contributed by atoms with E-state index >= 15 is 0 Å². The molecule has 1 N–H and O–H groups in total. The van der Waals surface area contributed by atoms with Crippen LogP contribution in [0.2, 0.25) is 0 Å². The van der Waals surface area contributed by atoms with Gasteiger partial charge in [-0.25, -0.2) is 0 Å². The molecule has 3 nitrogen and oxygen atoms in total. The number of nitrogens with one attached hydrogen (secondary N) is 1. The highest BCUT2D eigenvalue weighted by atomic mass is 16.2. The van der Waals surface area contributed by atoms with Crippen molar-refractivity contribution in [2.24, 2.45) is 11.8 Å². The third kappa shape index (κ3) is 2.54. The highest BCUT2D eigenvalue weighted by Crippen LogP contribution is 2.39. The second-order valence-electron chi connectivity index (χ2n) is 7.50. The molecule has 4 rings (SSSR count). The van der Waals surface area contributed by atoms with Crippen LogP contribution < -0.4 is 5.32 Å². The number of hydrogen-bond acceptors (Lipinski definition) is 2. The summed E-state index contributed by atoms with van der Waals surface area (Å²) in [7, 11) is 0. The fraction of sp³-hybridized carbons (Fsp3) is 0.833. The van der Waals surface area contributed by atoms with Crippen LogP contribution in [0.15, 0.2) is 11.6 Å². The first-order valence-corrected chi connectivity index (χ1v) is 9.09. The molecule has 2 saturated heterocycles. The summed E-state index contributed by atoms with van der Waals surface area (Å²) in [6.45, 7) is 1.16. The van der Waals surface area contributed by atoms with Crippen LogP contribution in [-0.4, -0.2) is 29.6 Å². The number of allylic oxidation sites excluding steroid dienone is 1. The molecule has 0 aromatic rings. The Morgan fingerprint density at radius 2 is 1.76 bits per heavy atom. The van der Waals surface area contributed by atoms with Crippen molar-refractivity contribution in [3.8, 4) is 0 Å². The van der Waals surface area contributed by atoms with Gasteiger partial charge >= 0.3 is 0 Å². The molecule has 0 aromatic heterocycles. The molecule has 3 unspecified atom stereocenters. The largest absolute Gasteiger partial charge is 0.336 e. The molecule has 116 valence electrons. The Morgan fingerprint density at radius 3 is 2.62 bits per heavy atom. The van der Waals surface area contributed by atoms with E-state index in [0.717, 1.165) is 18.9 Å². The SMILES string of the molecule is O=C1NC2/C(=C/C3CCCCC3)CCN2C2CCCCC12. The van der Waals surface area contributed by atoms with E-state index in [1.807, 2.05) is 0 Å². The van der Waals surface area contributed by atoms with Crippen molar-refractivity contribution in [3.05, 3.63) is 11.6 Å². The van der Waals surface area contributed by atoms with Crippen LogP contribution in [0.4, 0.5) is 0 Å². The fourth-order valence-electron chi connectivity index (χ4n) is 5.10. The first-order valence-electron chi connectivity index (χ1n) is 9.09. The lowest BCUT2D eigenvalue weighted by Gasteiger charge is -2.45. The molecule has 1 amide bonds. The summed E-state index contributed by atoms with van der Waals surface area (Å²) in [6, 6.07) is 0.523. The Hall–Kier alpha value is -0.830.